The molecule has 0 spiro atoms. The summed E-state index contributed by atoms with van der Waals surface area (Å²) < 4.78 is 0. The van der Waals surface area contributed by atoms with Crippen molar-refractivity contribution < 1.29 is 5.11 Å². The van der Waals surface area contributed by atoms with Gasteiger partial charge in [-0.25, -0.2) is 0 Å². The maximum Gasteiger partial charge on any atom is 0.0471 e. The SMILES string of the molecule is CC12CC(CO)C(C)(c3ccccc31)c1ccccc12. The highest BCUT2D eigenvalue weighted by atomic mass is 16.3. The molecule has 0 saturated carbocycles. The molecule has 1 N–H and O–H groups in total. The zero-order valence-corrected chi connectivity index (χ0v) is 12.1. The van der Waals surface area contributed by atoms with E-state index in [1.807, 2.05) is 0 Å². The Balaban J connectivity index is 2.14. The summed E-state index contributed by atoms with van der Waals surface area (Å²) in [6.07, 6.45) is 1.04. The van der Waals surface area contributed by atoms with Crippen LogP contribution in [-0.4, -0.2) is 11.7 Å². The predicted octanol–water partition coefficient (Wildman–Crippen LogP) is 3.62. The van der Waals surface area contributed by atoms with E-state index in [1.165, 1.54) is 22.3 Å². The summed E-state index contributed by atoms with van der Waals surface area (Å²) in [6.45, 7) is 4.91. The van der Waals surface area contributed by atoms with Crippen molar-refractivity contribution in [1.29, 1.82) is 0 Å². The van der Waals surface area contributed by atoms with Crippen LogP contribution in [0.2, 0.25) is 0 Å². The van der Waals surface area contributed by atoms with Gasteiger partial charge in [0.1, 0.15) is 0 Å². The predicted molar refractivity (Wildman–Crippen MR) is 81.0 cm³/mol. The molecule has 0 radical (unpaired) electrons. The number of rotatable bonds is 1. The van der Waals surface area contributed by atoms with Crippen LogP contribution in [-0.2, 0) is 10.8 Å². The Morgan fingerprint density at radius 3 is 1.80 bits per heavy atom. The van der Waals surface area contributed by atoms with Crippen molar-refractivity contribution in [2.45, 2.75) is 31.1 Å². The minimum absolute atomic E-state index is 0.0400. The second-order valence-electron chi connectivity index (χ2n) is 6.71. The van der Waals surface area contributed by atoms with E-state index in [1.54, 1.807) is 0 Å². The molecule has 0 fully saturated rings. The monoisotopic (exact) mass is 264 g/mol. The summed E-state index contributed by atoms with van der Waals surface area (Å²) in [5.74, 6) is 0.303. The molecular formula is C19H20O. The molecule has 0 aliphatic heterocycles. The van der Waals surface area contributed by atoms with Gasteiger partial charge in [0.25, 0.3) is 0 Å². The molecule has 1 unspecified atom stereocenters. The van der Waals surface area contributed by atoms with Crippen LogP contribution in [0.25, 0.3) is 0 Å². The topological polar surface area (TPSA) is 20.2 Å². The molecular weight excluding hydrogens is 244 g/mol. The first-order valence-electron chi connectivity index (χ1n) is 7.43. The minimum Gasteiger partial charge on any atom is -0.396 e. The average molecular weight is 264 g/mol. The minimum atomic E-state index is -0.0559. The quantitative estimate of drug-likeness (QED) is 0.834. The lowest BCUT2D eigenvalue weighted by atomic mass is 9.46. The lowest BCUT2D eigenvalue weighted by Crippen LogP contribution is -2.53. The molecule has 1 atom stereocenters. The fraction of sp³-hybridized carbons (Fsp3) is 0.368. The van der Waals surface area contributed by atoms with Crippen LogP contribution in [0.1, 0.15) is 42.5 Å². The maximum atomic E-state index is 9.94. The van der Waals surface area contributed by atoms with Gasteiger partial charge in [0.05, 0.1) is 0 Å². The van der Waals surface area contributed by atoms with Crippen molar-refractivity contribution in [1.82, 2.24) is 0 Å². The van der Waals surface area contributed by atoms with Gasteiger partial charge in [-0.1, -0.05) is 62.4 Å². The van der Waals surface area contributed by atoms with Crippen LogP contribution in [0, 0.1) is 5.92 Å². The van der Waals surface area contributed by atoms with Crippen LogP contribution in [0.4, 0.5) is 0 Å². The molecule has 0 amide bonds. The van der Waals surface area contributed by atoms with Gasteiger partial charge >= 0.3 is 0 Å². The van der Waals surface area contributed by atoms with Crippen molar-refractivity contribution in [3.8, 4) is 0 Å². The smallest absolute Gasteiger partial charge is 0.0471 e. The van der Waals surface area contributed by atoms with E-state index in [0.29, 0.717) is 5.92 Å². The van der Waals surface area contributed by atoms with E-state index < -0.39 is 0 Å². The van der Waals surface area contributed by atoms with E-state index in [-0.39, 0.29) is 17.4 Å². The first-order chi connectivity index (χ1) is 9.62. The zero-order valence-electron chi connectivity index (χ0n) is 12.1. The molecule has 3 aliphatic rings. The summed E-state index contributed by atoms with van der Waals surface area (Å²) in [5, 5.41) is 9.94. The highest BCUT2D eigenvalue weighted by Gasteiger charge is 2.55. The standard InChI is InChI=1S/C19H20O/c1-18-11-13(12-20)19(2,16-9-5-3-7-14(16)18)17-10-6-4-8-15(17)18/h3-10,13,20H,11-12H2,1-2H3. The Kier molecular flexibility index (Phi) is 2.27. The third-order valence-electron chi connectivity index (χ3n) is 5.85. The molecule has 0 heterocycles. The van der Waals surface area contributed by atoms with E-state index in [9.17, 15) is 5.11 Å². The van der Waals surface area contributed by atoms with Crippen LogP contribution in [0.3, 0.4) is 0 Å². The Morgan fingerprint density at radius 1 is 0.900 bits per heavy atom. The van der Waals surface area contributed by atoms with Crippen LogP contribution < -0.4 is 0 Å². The Hall–Kier alpha value is -1.60. The second kappa shape index (κ2) is 3.73. The number of hydrogen-bond donors (Lipinski definition) is 1. The molecule has 3 aliphatic carbocycles. The van der Waals surface area contributed by atoms with Crippen molar-refractivity contribution in [3.05, 3.63) is 70.8 Å². The molecule has 1 nitrogen and oxygen atoms in total. The fourth-order valence-electron chi connectivity index (χ4n) is 4.73. The molecule has 0 aromatic heterocycles. The van der Waals surface area contributed by atoms with Crippen LogP contribution >= 0.6 is 0 Å². The number of hydrogen-bond acceptors (Lipinski definition) is 1. The molecule has 5 rings (SSSR count). The lowest BCUT2D eigenvalue weighted by Gasteiger charge is -2.57. The van der Waals surface area contributed by atoms with E-state index in [0.717, 1.165) is 6.42 Å². The largest absolute Gasteiger partial charge is 0.396 e. The van der Waals surface area contributed by atoms with Gasteiger partial charge in [0.2, 0.25) is 0 Å². The number of aliphatic hydroxyl groups is 1. The third kappa shape index (κ3) is 1.18. The third-order valence-corrected chi connectivity index (χ3v) is 5.85. The van der Waals surface area contributed by atoms with E-state index in [2.05, 4.69) is 62.4 Å². The lowest BCUT2D eigenvalue weighted by molar-refractivity contribution is 0.122. The van der Waals surface area contributed by atoms with Gasteiger partial charge in [-0.2, -0.15) is 0 Å². The Bertz CT molecular complexity index is 638. The normalized spacial score (nSPS) is 33.6. The molecule has 20 heavy (non-hydrogen) atoms. The maximum absolute atomic E-state index is 9.94. The van der Waals surface area contributed by atoms with Gasteiger partial charge in [-0.05, 0) is 34.6 Å². The fourth-order valence-corrected chi connectivity index (χ4v) is 4.73. The summed E-state index contributed by atoms with van der Waals surface area (Å²) in [5.41, 5.74) is 5.70. The second-order valence-corrected chi connectivity index (χ2v) is 6.71. The van der Waals surface area contributed by atoms with Crippen LogP contribution in [0.5, 0.6) is 0 Å². The Labute approximate surface area is 120 Å². The first-order valence-corrected chi connectivity index (χ1v) is 7.43. The molecule has 2 aromatic carbocycles. The zero-order chi connectivity index (χ0) is 14.0. The van der Waals surface area contributed by atoms with Crippen molar-refractivity contribution >= 4 is 0 Å². The van der Waals surface area contributed by atoms with Gasteiger partial charge in [0, 0.05) is 17.4 Å². The molecule has 2 bridgehead atoms. The van der Waals surface area contributed by atoms with Gasteiger partial charge in [-0.15, -0.1) is 0 Å². The number of benzene rings is 2. The Morgan fingerprint density at radius 2 is 1.35 bits per heavy atom. The van der Waals surface area contributed by atoms with Gasteiger partial charge in [0.15, 0.2) is 0 Å². The van der Waals surface area contributed by atoms with E-state index in [4.69, 9.17) is 0 Å². The first kappa shape index (κ1) is 12.2. The highest BCUT2D eigenvalue weighted by Crippen LogP contribution is 2.61. The highest BCUT2D eigenvalue weighted by molar-refractivity contribution is 5.62. The molecule has 102 valence electrons. The average Bonchev–Trinajstić information content (AvgIpc) is 2.50. The summed E-state index contributed by atoms with van der Waals surface area (Å²) in [6, 6.07) is 17.6. The van der Waals surface area contributed by atoms with Crippen molar-refractivity contribution in [2.24, 2.45) is 5.92 Å². The van der Waals surface area contributed by atoms with Crippen LogP contribution in [0.15, 0.2) is 48.5 Å². The number of fused-ring (bicyclic) bond motifs is 1. The van der Waals surface area contributed by atoms with E-state index >= 15 is 0 Å². The number of aliphatic hydroxyl groups excluding tert-OH is 1. The summed E-state index contributed by atoms with van der Waals surface area (Å²) in [7, 11) is 0. The molecule has 1 heteroatoms. The summed E-state index contributed by atoms with van der Waals surface area (Å²) in [4.78, 5) is 0. The molecule has 2 aromatic rings. The van der Waals surface area contributed by atoms with Gasteiger partial charge < -0.3 is 5.11 Å². The van der Waals surface area contributed by atoms with Crippen molar-refractivity contribution in [3.63, 3.8) is 0 Å². The summed E-state index contributed by atoms with van der Waals surface area (Å²) >= 11 is 0. The van der Waals surface area contributed by atoms with Crippen molar-refractivity contribution in [2.75, 3.05) is 6.61 Å². The molecule has 0 saturated heterocycles. The van der Waals surface area contributed by atoms with Gasteiger partial charge in [-0.3, -0.25) is 0 Å².